The minimum atomic E-state index is 0.171. The first kappa shape index (κ1) is 13.6. The molecule has 102 valence electrons. The topological polar surface area (TPSA) is 43.8 Å². The molecule has 0 bridgehead atoms. The van der Waals surface area contributed by atoms with Crippen LogP contribution in [0.4, 0.5) is 0 Å². The van der Waals surface area contributed by atoms with Crippen LogP contribution in [0.1, 0.15) is 63.6 Å². The Kier molecular flexibility index (Phi) is 4.81. The number of hydrogen-bond donors (Lipinski definition) is 1. The van der Waals surface area contributed by atoms with Crippen LogP contribution in [0.15, 0.2) is 12.3 Å². The van der Waals surface area contributed by atoms with Crippen molar-refractivity contribution in [1.29, 1.82) is 0 Å². The third kappa shape index (κ3) is 3.14. The number of hydrogen-bond acceptors (Lipinski definition) is 2. The summed E-state index contributed by atoms with van der Waals surface area (Å²) in [6.07, 6.45) is 11.3. The maximum Gasteiger partial charge on any atom is 0.0550 e. The van der Waals surface area contributed by atoms with E-state index in [1.165, 1.54) is 50.6 Å². The van der Waals surface area contributed by atoms with E-state index < -0.39 is 0 Å². The molecule has 1 aliphatic carbocycles. The number of unbranched alkanes of at least 4 members (excludes halogenated alkanes) is 1. The van der Waals surface area contributed by atoms with E-state index in [1.54, 1.807) is 0 Å². The van der Waals surface area contributed by atoms with Crippen LogP contribution in [-0.4, -0.2) is 9.78 Å². The van der Waals surface area contributed by atoms with Crippen LogP contribution in [0.3, 0.4) is 0 Å². The largest absolute Gasteiger partial charge is 0.322 e. The van der Waals surface area contributed by atoms with E-state index in [4.69, 9.17) is 5.73 Å². The van der Waals surface area contributed by atoms with Crippen molar-refractivity contribution < 1.29 is 0 Å². The van der Waals surface area contributed by atoms with Gasteiger partial charge in [0.05, 0.1) is 5.69 Å². The number of rotatable bonds is 5. The van der Waals surface area contributed by atoms with E-state index in [2.05, 4.69) is 18.1 Å². The van der Waals surface area contributed by atoms with Gasteiger partial charge in [0.2, 0.25) is 0 Å². The smallest absolute Gasteiger partial charge is 0.0550 e. The van der Waals surface area contributed by atoms with Gasteiger partial charge >= 0.3 is 0 Å². The fraction of sp³-hybridized carbons (Fsp3) is 0.800. The van der Waals surface area contributed by atoms with Gasteiger partial charge in [-0.2, -0.15) is 5.10 Å². The Hall–Kier alpha value is -0.830. The molecule has 1 unspecified atom stereocenters. The zero-order chi connectivity index (χ0) is 13.0. The number of aryl methyl sites for hydroxylation is 1. The number of aromatic nitrogens is 2. The normalized spacial score (nSPS) is 26.2. The molecule has 1 aliphatic rings. The van der Waals surface area contributed by atoms with Crippen molar-refractivity contribution in [2.45, 2.75) is 57.9 Å². The van der Waals surface area contributed by atoms with Crippen LogP contribution in [0.25, 0.3) is 0 Å². The Morgan fingerprint density at radius 1 is 1.39 bits per heavy atom. The maximum absolute atomic E-state index is 6.40. The van der Waals surface area contributed by atoms with E-state index >= 15 is 0 Å². The molecule has 3 heteroatoms. The first-order chi connectivity index (χ1) is 8.72. The van der Waals surface area contributed by atoms with E-state index in [-0.39, 0.29) is 6.04 Å². The summed E-state index contributed by atoms with van der Waals surface area (Å²) in [6, 6.07) is 2.23. The Bertz CT molecular complexity index is 350. The quantitative estimate of drug-likeness (QED) is 0.869. The monoisotopic (exact) mass is 249 g/mol. The molecule has 2 N–H and O–H groups in total. The highest BCUT2D eigenvalue weighted by atomic mass is 15.3. The van der Waals surface area contributed by atoms with Gasteiger partial charge in [0.1, 0.15) is 0 Å². The molecule has 0 aromatic carbocycles. The van der Waals surface area contributed by atoms with E-state index in [0.29, 0.717) is 5.92 Å². The molecule has 0 aliphatic heterocycles. The number of nitrogens with two attached hydrogens (primary N) is 1. The molecular weight excluding hydrogens is 222 g/mol. The molecule has 0 radical (unpaired) electrons. The SMILES string of the molecule is CCCCC1CCC(C(N)c2ccnn2C)CC1. The van der Waals surface area contributed by atoms with Crippen LogP contribution < -0.4 is 5.73 Å². The summed E-state index contributed by atoms with van der Waals surface area (Å²) in [5.41, 5.74) is 7.59. The van der Waals surface area contributed by atoms with Crippen molar-refractivity contribution >= 4 is 0 Å². The van der Waals surface area contributed by atoms with Crippen molar-refractivity contribution in [3.8, 4) is 0 Å². The predicted octanol–water partition coefficient (Wildman–Crippen LogP) is 3.42. The molecule has 0 saturated heterocycles. The summed E-state index contributed by atoms with van der Waals surface area (Å²) in [5, 5.41) is 4.22. The fourth-order valence-electron chi connectivity index (χ4n) is 3.28. The van der Waals surface area contributed by atoms with Gasteiger partial charge in [-0.25, -0.2) is 0 Å². The summed E-state index contributed by atoms with van der Waals surface area (Å²) in [7, 11) is 1.99. The Morgan fingerprint density at radius 3 is 2.67 bits per heavy atom. The van der Waals surface area contributed by atoms with Crippen molar-refractivity contribution in [1.82, 2.24) is 9.78 Å². The van der Waals surface area contributed by atoms with Gasteiger partial charge in [-0.15, -0.1) is 0 Å². The van der Waals surface area contributed by atoms with Crippen LogP contribution in [-0.2, 0) is 7.05 Å². The molecule has 0 amide bonds. The van der Waals surface area contributed by atoms with Crippen molar-refractivity contribution in [3.63, 3.8) is 0 Å². The lowest BCUT2D eigenvalue weighted by Gasteiger charge is -2.32. The zero-order valence-corrected chi connectivity index (χ0v) is 11.8. The van der Waals surface area contributed by atoms with Gasteiger partial charge < -0.3 is 5.73 Å². The zero-order valence-electron chi connectivity index (χ0n) is 11.8. The first-order valence-corrected chi connectivity index (χ1v) is 7.45. The van der Waals surface area contributed by atoms with Crippen LogP contribution in [0.5, 0.6) is 0 Å². The Balaban J connectivity index is 1.84. The summed E-state index contributed by atoms with van der Waals surface area (Å²) in [6.45, 7) is 2.28. The molecule has 1 fully saturated rings. The minimum absolute atomic E-state index is 0.171. The summed E-state index contributed by atoms with van der Waals surface area (Å²) in [4.78, 5) is 0. The second-order valence-corrected chi connectivity index (χ2v) is 5.83. The lowest BCUT2D eigenvalue weighted by molar-refractivity contribution is 0.228. The molecule has 1 aromatic heterocycles. The Labute approximate surface area is 111 Å². The summed E-state index contributed by atoms with van der Waals surface area (Å²) < 4.78 is 1.92. The van der Waals surface area contributed by atoms with Crippen LogP contribution in [0, 0.1) is 11.8 Å². The molecule has 0 spiro atoms. The van der Waals surface area contributed by atoms with Gasteiger partial charge in [-0.1, -0.05) is 39.0 Å². The molecule has 1 saturated carbocycles. The second-order valence-electron chi connectivity index (χ2n) is 5.83. The minimum Gasteiger partial charge on any atom is -0.322 e. The molecule has 1 heterocycles. The van der Waals surface area contributed by atoms with Gasteiger partial charge in [0.25, 0.3) is 0 Å². The van der Waals surface area contributed by atoms with Gasteiger partial charge in [-0.05, 0) is 30.7 Å². The average molecular weight is 249 g/mol. The fourth-order valence-corrected chi connectivity index (χ4v) is 3.28. The van der Waals surface area contributed by atoms with E-state index in [9.17, 15) is 0 Å². The lowest BCUT2D eigenvalue weighted by atomic mass is 9.76. The standard InChI is InChI=1S/C15H27N3/c1-3-4-5-12-6-8-13(9-7-12)15(16)14-10-11-17-18(14)2/h10-13,15H,3-9,16H2,1-2H3. The molecular formula is C15H27N3. The molecule has 3 nitrogen and oxygen atoms in total. The lowest BCUT2D eigenvalue weighted by Crippen LogP contribution is -2.27. The number of nitrogens with zero attached hydrogens (tertiary/aromatic N) is 2. The van der Waals surface area contributed by atoms with Crippen molar-refractivity contribution in [2.75, 3.05) is 0 Å². The predicted molar refractivity (Wildman–Crippen MR) is 75.1 cm³/mol. The highest BCUT2D eigenvalue weighted by Gasteiger charge is 2.27. The first-order valence-electron chi connectivity index (χ1n) is 7.45. The highest BCUT2D eigenvalue weighted by Crippen LogP contribution is 2.37. The van der Waals surface area contributed by atoms with Crippen molar-refractivity contribution in [3.05, 3.63) is 18.0 Å². The highest BCUT2D eigenvalue weighted by molar-refractivity contribution is 5.07. The molecule has 1 atom stereocenters. The van der Waals surface area contributed by atoms with Gasteiger partial charge in [0, 0.05) is 19.3 Å². The molecule has 2 rings (SSSR count). The van der Waals surface area contributed by atoms with Gasteiger partial charge in [-0.3, -0.25) is 4.68 Å². The van der Waals surface area contributed by atoms with E-state index in [0.717, 1.165) is 5.92 Å². The molecule has 18 heavy (non-hydrogen) atoms. The van der Waals surface area contributed by atoms with Crippen LogP contribution in [0.2, 0.25) is 0 Å². The third-order valence-electron chi connectivity index (χ3n) is 4.57. The average Bonchev–Trinajstić information content (AvgIpc) is 2.82. The second kappa shape index (κ2) is 6.37. The van der Waals surface area contributed by atoms with Crippen molar-refractivity contribution in [2.24, 2.45) is 24.6 Å². The summed E-state index contributed by atoms with van der Waals surface area (Å²) >= 11 is 0. The van der Waals surface area contributed by atoms with E-state index in [1.807, 2.05) is 17.9 Å². The Morgan fingerprint density at radius 2 is 2.11 bits per heavy atom. The van der Waals surface area contributed by atoms with Crippen LogP contribution >= 0.6 is 0 Å². The maximum atomic E-state index is 6.40. The van der Waals surface area contributed by atoms with Gasteiger partial charge in [0.15, 0.2) is 0 Å². The summed E-state index contributed by atoms with van der Waals surface area (Å²) in [5.74, 6) is 1.61. The third-order valence-corrected chi connectivity index (χ3v) is 4.57. The molecule has 1 aromatic rings.